The van der Waals surface area contributed by atoms with E-state index < -0.39 is 0 Å². The molecule has 0 unspecified atom stereocenters. The van der Waals surface area contributed by atoms with Crippen LogP contribution in [0.25, 0.3) is 6.08 Å². The first-order chi connectivity index (χ1) is 19.5. The molecule has 4 aromatic rings. The minimum absolute atomic E-state index is 0.160. The molecule has 0 atom stereocenters. The summed E-state index contributed by atoms with van der Waals surface area (Å²) in [5, 5.41) is 3.01. The number of amides is 2. The second-order valence-electron chi connectivity index (χ2n) is 9.59. The van der Waals surface area contributed by atoms with Crippen LogP contribution in [0.3, 0.4) is 0 Å². The molecule has 202 valence electrons. The maximum Gasteiger partial charge on any atom is 0.265 e. The second kappa shape index (κ2) is 12.7. The molecule has 0 radical (unpaired) electrons. The SMILES string of the molecule is CN(CCCNC(=O)c1ccc2c(c1)N(Cc1ccc(F)cc1)C(=O)C(=Cc1ccccc1)S2)c1ccccc1. The molecule has 5 rings (SSSR count). The van der Waals surface area contributed by atoms with Crippen LogP contribution in [0.2, 0.25) is 0 Å². The summed E-state index contributed by atoms with van der Waals surface area (Å²) in [7, 11) is 2.03. The summed E-state index contributed by atoms with van der Waals surface area (Å²) in [4.78, 5) is 32.0. The van der Waals surface area contributed by atoms with Gasteiger partial charge in [-0.2, -0.15) is 0 Å². The molecular formula is C33H30FN3O2S. The minimum Gasteiger partial charge on any atom is -0.375 e. The Hall–Kier alpha value is -4.36. The van der Waals surface area contributed by atoms with Crippen LogP contribution in [0.4, 0.5) is 15.8 Å². The second-order valence-corrected chi connectivity index (χ2v) is 10.7. The van der Waals surface area contributed by atoms with Crippen molar-refractivity contribution in [2.75, 3.05) is 29.9 Å². The molecule has 4 aromatic carbocycles. The number of nitrogens with zero attached hydrogens (tertiary/aromatic N) is 2. The van der Waals surface area contributed by atoms with E-state index in [1.807, 2.05) is 67.7 Å². The average Bonchev–Trinajstić information content (AvgIpc) is 2.99. The maximum absolute atomic E-state index is 13.7. The molecule has 40 heavy (non-hydrogen) atoms. The van der Waals surface area contributed by atoms with Crippen molar-refractivity contribution in [1.82, 2.24) is 5.32 Å². The van der Waals surface area contributed by atoms with Gasteiger partial charge in [0.25, 0.3) is 11.8 Å². The van der Waals surface area contributed by atoms with Crippen LogP contribution in [0.5, 0.6) is 0 Å². The summed E-state index contributed by atoms with van der Waals surface area (Å²) in [6, 6.07) is 31.4. The third-order valence-corrected chi connectivity index (χ3v) is 7.77. The number of para-hydroxylation sites is 1. The number of halogens is 1. The van der Waals surface area contributed by atoms with Gasteiger partial charge in [-0.05, 0) is 66.1 Å². The van der Waals surface area contributed by atoms with E-state index in [1.165, 1.54) is 23.9 Å². The zero-order chi connectivity index (χ0) is 27.9. The molecule has 2 amide bonds. The number of anilines is 2. The molecular weight excluding hydrogens is 521 g/mol. The first-order valence-corrected chi connectivity index (χ1v) is 14.0. The number of hydrogen-bond acceptors (Lipinski definition) is 4. The molecule has 0 aliphatic carbocycles. The highest BCUT2D eigenvalue weighted by atomic mass is 32.2. The third kappa shape index (κ3) is 6.61. The molecule has 1 heterocycles. The zero-order valence-electron chi connectivity index (χ0n) is 22.2. The third-order valence-electron chi connectivity index (χ3n) is 6.69. The first-order valence-electron chi connectivity index (χ1n) is 13.2. The predicted molar refractivity (Wildman–Crippen MR) is 161 cm³/mol. The first kappa shape index (κ1) is 27.2. The van der Waals surface area contributed by atoms with Gasteiger partial charge in [-0.15, -0.1) is 0 Å². The molecule has 0 saturated carbocycles. The smallest absolute Gasteiger partial charge is 0.265 e. The van der Waals surface area contributed by atoms with Crippen LogP contribution in [0, 0.1) is 5.82 Å². The molecule has 0 fully saturated rings. The van der Waals surface area contributed by atoms with Crippen molar-refractivity contribution in [3.05, 3.63) is 131 Å². The van der Waals surface area contributed by atoms with E-state index in [4.69, 9.17) is 0 Å². The van der Waals surface area contributed by atoms with Crippen molar-refractivity contribution < 1.29 is 14.0 Å². The number of carbonyl (C=O) groups is 2. The largest absolute Gasteiger partial charge is 0.375 e. The molecule has 1 aliphatic rings. The van der Waals surface area contributed by atoms with Crippen LogP contribution >= 0.6 is 11.8 Å². The van der Waals surface area contributed by atoms with Gasteiger partial charge in [-0.25, -0.2) is 4.39 Å². The number of carbonyl (C=O) groups excluding carboxylic acids is 2. The Morgan fingerprint density at radius 2 is 1.65 bits per heavy atom. The molecule has 7 heteroatoms. The number of nitrogens with one attached hydrogen (secondary N) is 1. The van der Waals surface area contributed by atoms with Gasteiger partial charge in [0.15, 0.2) is 0 Å². The standard InChI is InChI=1S/C33H30FN3O2S/c1-36(28-11-6-3-7-12-28)20-8-19-35-32(38)26-15-18-30-29(22-26)37(23-25-13-16-27(34)17-14-25)33(39)31(40-30)21-24-9-4-2-5-10-24/h2-7,9-18,21-22H,8,19-20,23H2,1H3,(H,35,38). The van der Waals surface area contributed by atoms with Crippen LogP contribution in [0.15, 0.2) is 113 Å². The van der Waals surface area contributed by atoms with Crippen molar-refractivity contribution in [1.29, 1.82) is 0 Å². The fourth-order valence-corrected chi connectivity index (χ4v) is 5.55. The Kier molecular flexibility index (Phi) is 8.62. The number of thioether (sulfide) groups is 1. The van der Waals surface area contributed by atoms with Gasteiger partial charge in [0.1, 0.15) is 5.82 Å². The lowest BCUT2D eigenvalue weighted by Crippen LogP contribution is -2.34. The highest BCUT2D eigenvalue weighted by Crippen LogP contribution is 2.43. The van der Waals surface area contributed by atoms with Gasteiger partial charge < -0.3 is 15.1 Å². The summed E-state index contributed by atoms with van der Waals surface area (Å²) in [6.45, 7) is 1.60. The normalized spacial score (nSPS) is 13.7. The Bertz CT molecular complexity index is 1510. The van der Waals surface area contributed by atoms with Gasteiger partial charge >= 0.3 is 0 Å². The minimum atomic E-state index is -0.330. The average molecular weight is 552 g/mol. The lowest BCUT2D eigenvalue weighted by Gasteiger charge is -2.31. The van der Waals surface area contributed by atoms with Gasteiger partial charge in [0, 0.05) is 36.3 Å². The van der Waals surface area contributed by atoms with Gasteiger partial charge in [0.2, 0.25) is 0 Å². The Morgan fingerprint density at radius 3 is 2.38 bits per heavy atom. The van der Waals surface area contributed by atoms with E-state index in [1.54, 1.807) is 29.2 Å². The molecule has 1 N–H and O–H groups in total. The summed E-state index contributed by atoms with van der Waals surface area (Å²) >= 11 is 1.39. The Balaban J connectivity index is 1.33. The van der Waals surface area contributed by atoms with Crippen LogP contribution in [0.1, 0.15) is 27.9 Å². The molecule has 5 nitrogen and oxygen atoms in total. The maximum atomic E-state index is 13.7. The quantitative estimate of drug-likeness (QED) is 0.184. The van der Waals surface area contributed by atoms with E-state index in [2.05, 4.69) is 22.3 Å². The topological polar surface area (TPSA) is 52.7 Å². The summed E-state index contributed by atoms with van der Waals surface area (Å²) < 4.78 is 13.5. The van der Waals surface area contributed by atoms with Crippen molar-refractivity contribution in [3.63, 3.8) is 0 Å². The van der Waals surface area contributed by atoms with Gasteiger partial charge in [-0.3, -0.25) is 9.59 Å². The Labute approximate surface area is 238 Å². The van der Waals surface area contributed by atoms with E-state index in [0.717, 1.165) is 34.7 Å². The number of fused-ring (bicyclic) bond motifs is 1. The van der Waals surface area contributed by atoms with E-state index in [0.29, 0.717) is 22.7 Å². The highest BCUT2D eigenvalue weighted by molar-refractivity contribution is 8.04. The number of hydrogen-bond donors (Lipinski definition) is 1. The summed E-state index contributed by atoms with van der Waals surface area (Å²) in [5.74, 6) is -0.676. The van der Waals surface area contributed by atoms with Crippen LogP contribution in [-0.2, 0) is 11.3 Å². The fraction of sp³-hybridized carbons (Fsp3) is 0.152. The van der Waals surface area contributed by atoms with Crippen LogP contribution < -0.4 is 15.1 Å². The van der Waals surface area contributed by atoms with E-state index >= 15 is 0 Å². The van der Waals surface area contributed by atoms with Crippen molar-refractivity contribution in [2.45, 2.75) is 17.9 Å². The molecule has 0 spiro atoms. The Morgan fingerprint density at radius 1 is 0.950 bits per heavy atom. The monoisotopic (exact) mass is 551 g/mol. The fourth-order valence-electron chi connectivity index (χ4n) is 4.51. The number of benzene rings is 4. The van der Waals surface area contributed by atoms with E-state index in [9.17, 15) is 14.0 Å². The molecule has 1 aliphatic heterocycles. The van der Waals surface area contributed by atoms with Crippen molar-refractivity contribution >= 4 is 41.0 Å². The number of rotatable bonds is 9. The highest BCUT2D eigenvalue weighted by Gasteiger charge is 2.30. The lowest BCUT2D eigenvalue weighted by molar-refractivity contribution is -0.114. The van der Waals surface area contributed by atoms with E-state index in [-0.39, 0.29) is 24.2 Å². The van der Waals surface area contributed by atoms with Gasteiger partial charge in [0.05, 0.1) is 17.1 Å². The van der Waals surface area contributed by atoms with Crippen LogP contribution in [-0.4, -0.2) is 32.0 Å². The zero-order valence-corrected chi connectivity index (χ0v) is 23.0. The molecule has 0 bridgehead atoms. The van der Waals surface area contributed by atoms with Crippen molar-refractivity contribution in [3.8, 4) is 0 Å². The predicted octanol–water partition coefficient (Wildman–Crippen LogP) is 6.76. The summed E-state index contributed by atoms with van der Waals surface area (Å²) in [6.07, 6.45) is 2.67. The van der Waals surface area contributed by atoms with Crippen molar-refractivity contribution in [2.24, 2.45) is 0 Å². The summed E-state index contributed by atoms with van der Waals surface area (Å²) in [5.41, 5.74) is 4.01. The molecule has 0 saturated heterocycles. The van der Waals surface area contributed by atoms with Gasteiger partial charge in [-0.1, -0.05) is 72.4 Å². The molecule has 0 aromatic heterocycles. The lowest BCUT2D eigenvalue weighted by atomic mass is 10.1.